The van der Waals surface area contributed by atoms with Gasteiger partial charge in [-0.05, 0) is 61.6 Å². The summed E-state index contributed by atoms with van der Waals surface area (Å²) in [5.41, 5.74) is 7.77. The fraction of sp³-hybridized carbons (Fsp3) is 0.409. The van der Waals surface area contributed by atoms with Crippen molar-refractivity contribution in [2.24, 2.45) is 11.7 Å². The van der Waals surface area contributed by atoms with Crippen LogP contribution in [0.15, 0.2) is 36.5 Å². The van der Waals surface area contributed by atoms with Crippen molar-refractivity contribution in [3.05, 3.63) is 47.8 Å². The Balaban J connectivity index is 2.29. The monoisotopic (exact) mass is 372 g/mol. The Morgan fingerprint density at radius 3 is 2.52 bits per heavy atom. The molecule has 3 nitrogen and oxygen atoms in total. The molecule has 2 aromatic rings. The van der Waals surface area contributed by atoms with Gasteiger partial charge in [-0.15, -0.1) is 5.92 Å². The number of benzene rings is 1. The minimum Gasteiger partial charge on any atom is -0.490 e. The van der Waals surface area contributed by atoms with E-state index in [1.165, 1.54) is 12.3 Å². The molecule has 0 saturated carbocycles. The van der Waals surface area contributed by atoms with Crippen LogP contribution >= 0.6 is 0 Å². The molecule has 1 aromatic carbocycles. The van der Waals surface area contributed by atoms with Gasteiger partial charge in [0.25, 0.3) is 6.43 Å². The summed E-state index contributed by atoms with van der Waals surface area (Å²) in [6.07, 6.45) is -0.378. The predicted molar refractivity (Wildman–Crippen MR) is 105 cm³/mol. The highest BCUT2D eigenvalue weighted by molar-refractivity contribution is 5.67. The SMILES string of the molecule is CC#Cc1cc(-c2ccnc(C(F)F)c2)ccc1OC[C@@](C)(N)CC(C)C. The Bertz CT molecular complexity index is 836. The van der Waals surface area contributed by atoms with E-state index >= 15 is 0 Å². The lowest BCUT2D eigenvalue weighted by Gasteiger charge is -2.27. The molecule has 1 aromatic heterocycles. The molecule has 2 rings (SSSR count). The number of hydrogen-bond donors (Lipinski definition) is 1. The lowest BCUT2D eigenvalue weighted by Crippen LogP contribution is -2.43. The van der Waals surface area contributed by atoms with Crippen molar-refractivity contribution in [2.75, 3.05) is 6.61 Å². The lowest BCUT2D eigenvalue weighted by atomic mass is 9.93. The minimum atomic E-state index is -2.61. The van der Waals surface area contributed by atoms with Gasteiger partial charge >= 0.3 is 0 Å². The van der Waals surface area contributed by atoms with Gasteiger partial charge in [0.2, 0.25) is 0 Å². The van der Waals surface area contributed by atoms with E-state index in [0.717, 1.165) is 12.0 Å². The summed E-state index contributed by atoms with van der Waals surface area (Å²) in [6, 6.07) is 8.57. The molecule has 0 fully saturated rings. The summed E-state index contributed by atoms with van der Waals surface area (Å²) in [7, 11) is 0. The highest BCUT2D eigenvalue weighted by Gasteiger charge is 2.21. The zero-order valence-electron chi connectivity index (χ0n) is 16.2. The van der Waals surface area contributed by atoms with Crippen LogP contribution in [0.3, 0.4) is 0 Å². The summed E-state index contributed by atoms with van der Waals surface area (Å²) in [5.74, 6) is 6.99. The number of alkyl halides is 2. The number of aromatic nitrogens is 1. The van der Waals surface area contributed by atoms with Gasteiger partial charge in [-0.2, -0.15) is 0 Å². The number of nitrogens with zero attached hydrogens (tertiary/aromatic N) is 1. The molecular weight excluding hydrogens is 346 g/mol. The van der Waals surface area contributed by atoms with Crippen molar-refractivity contribution in [3.63, 3.8) is 0 Å². The number of hydrogen-bond acceptors (Lipinski definition) is 3. The molecule has 1 atom stereocenters. The fourth-order valence-corrected chi connectivity index (χ4v) is 3.05. The fourth-order valence-electron chi connectivity index (χ4n) is 3.05. The Morgan fingerprint density at radius 1 is 1.19 bits per heavy atom. The van der Waals surface area contributed by atoms with Gasteiger partial charge in [0.15, 0.2) is 0 Å². The third kappa shape index (κ3) is 6.04. The van der Waals surface area contributed by atoms with E-state index in [2.05, 4.69) is 30.7 Å². The normalized spacial score (nSPS) is 13.2. The first-order valence-corrected chi connectivity index (χ1v) is 8.95. The third-order valence-electron chi connectivity index (χ3n) is 4.01. The van der Waals surface area contributed by atoms with E-state index in [9.17, 15) is 8.78 Å². The van der Waals surface area contributed by atoms with Gasteiger partial charge in [-0.1, -0.05) is 25.8 Å². The van der Waals surface area contributed by atoms with E-state index in [-0.39, 0.29) is 5.69 Å². The first-order valence-electron chi connectivity index (χ1n) is 8.95. The molecule has 0 saturated heterocycles. The van der Waals surface area contributed by atoms with Gasteiger partial charge in [0, 0.05) is 11.7 Å². The third-order valence-corrected chi connectivity index (χ3v) is 4.01. The van der Waals surface area contributed by atoms with Crippen LogP contribution in [-0.4, -0.2) is 17.1 Å². The van der Waals surface area contributed by atoms with Gasteiger partial charge in [-0.25, -0.2) is 8.78 Å². The Hall–Kier alpha value is -2.45. The molecule has 1 heterocycles. The van der Waals surface area contributed by atoms with E-state index in [1.807, 2.05) is 25.1 Å². The van der Waals surface area contributed by atoms with Gasteiger partial charge in [-0.3, -0.25) is 4.98 Å². The van der Waals surface area contributed by atoms with Crippen molar-refractivity contribution >= 4 is 0 Å². The smallest absolute Gasteiger partial charge is 0.280 e. The number of pyridine rings is 1. The summed E-state index contributed by atoms with van der Waals surface area (Å²) in [4.78, 5) is 3.70. The van der Waals surface area contributed by atoms with Crippen LogP contribution in [0.5, 0.6) is 5.75 Å². The Morgan fingerprint density at radius 2 is 1.89 bits per heavy atom. The second-order valence-electron chi connectivity index (χ2n) is 7.40. The molecule has 144 valence electrons. The van der Waals surface area contributed by atoms with Crippen LogP contribution in [-0.2, 0) is 0 Å². The first-order chi connectivity index (χ1) is 12.7. The number of nitrogens with two attached hydrogens (primary N) is 1. The maximum atomic E-state index is 12.9. The Kier molecular flexibility index (Phi) is 6.92. The van der Waals surface area contributed by atoms with Gasteiger partial charge in [0.1, 0.15) is 18.1 Å². The van der Waals surface area contributed by atoms with Crippen molar-refractivity contribution in [1.82, 2.24) is 4.98 Å². The van der Waals surface area contributed by atoms with Crippen LogP contribution in [0.4, 0.5) is 8.78 Å². The second kappa shape index (κ2) is 8.96. The summed E-state index contributed by atoms with van der Waals surface area (Å²) >= 11 is 0. The average molecular weight is 372 g/mol. The van der Waals surface area contributed by atoms with E-state index in [4.69, 9.17) is 10.5 Å². The Labute approximate surface area is 160 Å². The highest BCUT2D eigenvalue weighted by Crippen LogP contribution is 2.29. The molecule has 5 heteroatoms. The maximum Gasteiger partial charge on any atom is 0.280 e. The van der Waals surface area contributed by atoms with Gasteiger partial charge in [0.05, 0.1) is 5.56 Å². The summed E-state index contributed by atoms with van der Waals surface area (Å²) in [6.45, 7) is 8.32. The molecule has 27 heavy (non-hydrogen) atoms. The minimum absolute atomic E-state index is 0.247. The molecular formula is C22H26F2N2O. The highest BCUT2D eigenvalue weighted by atomic mass is 19.3. The second-order valence-corrected chi connectivity index (χ2v) is 7.40. The molecule has 0 aliphatic heterocycles. The summed E-state index contributed by atoms with van der Waals surface area (Å²) < 4.78 is 31.8. The van der Waals surface area contributed by atoms with Crippen LogP contribution < -0.4 is 10.5 Å². The van der Waals surface area contributed by atoms with E-state index in [0.29, 0.717) is 29.4 Å². The van der Waals surface area contributed by atoms with E-state index in [1.54, 1.807) is 13.0 Å². The maximum absolute atomic E-state index is 12.9. The number of halogens is 2. The largest absolute Gasteiger partial charge is 0.490 e. The van der Waals surface area contributed by atoms with Crippen molar-refractivity contribution in [1.29, 1.82) is 0 Å². The van der Waals surface area contributed by atoms with Crippen molar-refractivity contribution in [3.8, 4) is 28.7 Å². The molecule has 0 aliphatic rings. The van der Waals surface area contributed by atoms with E-state index < -0.39 is 12.0 Å². The molecule has 0 amide bonds. The van der Waals surface area contributed by atoms with Crippen LogP contribution in [0.1, 0.15) is 51.8 Å². The molecule has 0 radical (unpaired) electrons. The average Bonchev–Trinajstić information content (AvgIpc) is 2.60. The van der Waals surface area contributed by atoms with Crippen LogP contribution in [0.25, 0.3) is 11.1 Å². The standard InChI is InChI=1S/C22H26F2N2O/c1-5-6-18-11-16(17-9-10-26-19(12-17)21(23)24)7-8-20(18)27-14-22(4,25)13-15(2)3/h7-12,15,21H,13-14,25H2,1-4H3/t22-/m0/s1. The first kappa shape index (κ1) is 20.9. The molecule has 0 bridgehead atoms. The van der Waals surface area contributed by atoms with Crippen LogP contribution in [0, 0.1) is 17.8 Å². The zero-order chi connectivity index (χ0) is 20.0. The topological polar surface area (TPSA) is 48.1 Å². The van der Waals surface area contributed by atoms with Crippen molar-refractivity contribution < 1.29 is 13.5 Å². The van der Waals surface area contributed by atoms with Crippen molar-refractivity contribution in [2.45, 2.75) is 46.1 Å². The van der Waals surface area contributed by atoms with Crippen LogP contribution in [0.2, 0.25) is 0 Å². The number of rotatable bonds is 7. The quantitative estimate of drug-likeness (QED) is 0.680. The predicted octanol–water partition coefficient (Wildman–Crippen LogP) is 5.20. The molecule has 0 spiro atoms. The zero-order valence-corrected chi connectivity index (χ0v) is 16.2. The summed E-state index contributed by atoms with van der Waals surface area (Å²) in [5, 5.41) is 0. The van der Waals surface area contributed by atoms with Gasteiger partial charge < -0.3 is 10.5 Å². The lowest BCUT2D eigenvalue weighted by molar-refractivity contribution is 0.146. The molecule has 0 unspecified atom stereocenters. The molecule has 0 aliphatic carbocycles. The number of ether oxygens (including phenoxy) is 1. The molecule has 2 N–H and O–H groups in total.